The highest BCUT2D eigenvalue weighted by molar-refractivity contribution is 7.94. The van der Waals surface area contributed by atoms with Crippen LogP contribution in [0.15, 0.2) is 64.2 Å². The molecular weight excluding hydrogens is 472 g/mol. The molecule has 0 spiro atoms. The molecule has 2 heterocycles. The third kappa shape index (κ3) is 5.40. The van der Waals surface area contributed by atoms with Gasteiger partial charge >= 0.3 is 0 Å². The van der Waals surface area contributed by atoms with Crippen molar-refractivity contribution >= 4 is 49.6 Å². The predicted molar refractivity (Wildman–Crippen MR) is 126 cm³/mol. The minimum Gasteiger partial charge on any atom is -0.492 e. The number of anilines is 1. The van der Waals surface area contributed by atoms with E-state index in [0.29, 0.717) is 41.8 Å². The molecule has 2 aromatic heterocycles. The quantitative estimate of drug-likeness (QED) is 0.250. The van der Waals surface area contributed by atoms with Crippen LogP contribution in [0.5, 0.6) is 5.75 Å². The van der Waals surface area contributed by atoms with Gasteiger partial charge in [0.1, 0.15) is 21.7 Å². The zero-order valence-corrected chi connectivity index (χ0v) is 19.2. The van der Waals surface area contributed by atoms with Crippen LogP contribution in [-0.2, 0) is 10.0 Å². The monoisotopic (exact) mass is 492 g/mol. The average Bonchev–Trinajstić information content (AvgIpc) is 3.44. The maximum absolute atomic E-state index is 12.4. The summed E-state index contributed by atoms with van der Waals surface area (Å²) in [7, 11) is -3.63. The second kappa shape index (κ2) is 9.88. The van der Waals surface area contributed by atoms with E-state index in [9.17, 15) is 13.5 Å². The first-order valence-corrected chi connectivity index (χ1v) is 12.5. The molecule has 8 nitrogen and oxygen atoms in total. The van der Waals surface area contributed by atoms with Crippen molar-refractivity contribution in [2.75, 3.05) is 24.4 Å². The summed E-state index contributed by atoms with van der Waals surface area (Å²) in [5, 5.41) is 23.4. The lowest BCUT2D eigenvalue weighted by atomic mass is 10.1. The first-order valence-electron chi connectivity index (χ1n) is 9.74. The average molecular weight is 493 g/mol. The van der Waals surface area contributed by atoms with E-state index in [-0.39, 0.29) is 4.21 Å². The SMILES string of the molecule is O=S(=O)(Nc1cccc([C@@H](O)CNCCOc2ccc3c(Cl)[nH]nc3c2)c1)c1cccs1. The fourth-order valence-corrected chi connectivity index (χ4v) is 5.32. The highest BCUT2D eigenvalue weighted by atomic mass is 35.5. The summed E-state index contributed by atoms with van der Waals surface area (Å²) >= 11 is 7.13. The molecule has 4 rings (SSSR count). The summed E-state index contributed by atoms with van der Waals surface area (Å²) in [6.07, 6.45) is -0.802. The molecule has 11 heteroatoms. The zero-order chi connectivity index (χ0) is 22.6. The van der Waals surface area contributed by atoms with Gasteiger partial charge in [-0.1, -0.05) is 29.8 Å². The molecule has 0 amide bonds. The highest BCUT2D eigenvalue weighted by Gasteiger charge is 2.16. The number of hydrogen-bond acceptors (Lipinski definition) is 7. The summed E-state index contributed by atoms with van der Waals surface area (Å²) in [6, 6.07) is 15.4. The molecule has 32 heavy (non-hydrogen) atoms. The van der Waals surface area contributed by atoms with Gasteiger partial charge < -0.3 is 15.2 Å². The first kappa shape index (κ1) is 22.6. The summed E-state index contributed by atoms with van der Waals surface area (Å²) < 4.78 is 33.2. The zero-order valence-electron chi connectivity index (χ0n) is 16.8. The summed E-state index contributed by atoms with van der Waals surface area (Å²) in [4.78, 5) is 0. The van der Waals surface area contributed by atoms with Crippen molar-refractivity contribution in [2.45, 2.75) is 10.3 Å². The number of rotatable bonds is 10. The van der Waals surface area contributed by atoms with Crippen LogP contribution in [-0.4, -0.2) is 43.4 Å². The molecular formula is C21H21ClN4O4S2. The Morgan fingerprint density at radius 2 is 2.06 bits per heavy atom. The van der Waals surface area contributed by atoms with Crippen LogP contribution in [0.2, 0.25) is 5.15 Å². The van der Waals surface area contributed by atoms with Gasteiger partial charge in [-0.3, -0.25) is 9.82 Å². The standard InChI is InChI=1S/C21H21ClN4O4S2/c22-21-17-7-6-16(12-18(17)24-25-21)30-9-8-23-13-19(27)14-3-1-4-15(11-14)26-32(28,29)20-5-2-10-31-20/h1-7,10-12,19,23,26-27H,8-9,13H2,(H,24,25)/t19-/m0/s1. The van der Waals surface area contributed by atoms with E-state index in [1.165, 1.54) is 0 Å². The third-order valence-electron chi connectivity index (χ3n) is 4.65. The van der Waals surface area contributed by atoms with Crippen LogP contribution in [0.25, 0.3) is 10.9 Å². The first-order chi connectivity index (χ1) is 15.4. The number of hydrogen-bond donors (Lipinski definition) is 4. The Morgan fingerprint density at radius 1 is 1.19 bits per heavy atom. The lowest BCUT2D eigenvalue weighted by Crippen LogP contribution is -2.26. The molecule has 0 saturated carbocycles. The number of benzene rings is 2. The second-order valence-corrected chi connectivity index (χ2v) is 10.2. The molecule has 4 aromatic rings. The van der Waals surface area contributed by atoms with Crippen LogP contribution >= 0.6 is 22.9 Å². The van der Waals surface area contributed by atoms with Gasteiger partial charge in [-0.05, 0) is 41.3 Å². The van der Waals surface area contributed by atoms with E-state index in [4.69, 9.17) is 16.3 Å². The topological polar surface area (TPSA) is 116 Å². The number of fused-ring (bicyclic) bond motifs is 1. The number of ether oxygens (including phenoxy) is 1. The van der Waals surface area contributed by atoms with Gasteiger partial charge in [-0.2, -0.15) is 5.10 Å². The van der Waals surface area contributed by atoms with Crippen LogP contribution in [0.3, 0.4) is 0 Å². The number of aromatic nitrogens is 2. The fourth-order valence-electron chi connectivity index (χ4n) is 3.08. The third-order valence-corrected chi connectivity index (χ3v) is 7.72. The molecule has 0 saturated heterocycles. The highest BCUT2D eigenvalue weighted by Crippen LogP contribution is 2.25. The number of nitrogens with one attached hydrogen (secondary N) is 3. The Morgan fingerprint density at radius 3 is 2.88 bits per heavy atom. The van der Waals surface area contributed by atoms with Gasteiger partial charge in [0.25, 0.3) is 10.0 Å². The second-order valence-electron chi connectivity index (χ2n) is 6.95. The fraction of sp³-hybridized carbons (Fsp3) is 0.190. The molecule has 2 aromatic carbocycles. The number of thiophene rings is 1. The van der Waals surface area contributed by atoms with Crippen molar-refractivity contribution in [3.63, 3.8) is 0 Å². The Bertz CT molecular complexity index is 1290. The van der Waals surface area contributed by atoms with Crippen molar-refractivity contribution in [2.24, 2.45) is 0 Å². The van der Waals surface area contributed by atoms with Gasteiger partial charge in [-0.15, -0.1) is 11.3 Å². The lowest BCUT2D eigenvalue weighted by Gasteiger charge is -2.14. The Balaban J connectivity index is 1.25. The molecule has 0 aliphatic carbocycles. The molecule has 0 unspecified atom stereocenters. The van der Waals surface area contributed by atoms with Crippen LogP contribution in [0.4, 0.5) is 5.69 Å². The van der Waals surface area contributed by atoms with E-state index in [1.54, 1.807) is 47.8 Å². The number of aliphatic hydroxyl groups excluding tert-OH is 1. The van der Waals surface area contributed by atoms with E-state index < -0.39 is 16.1 Å². The minimum atomic E-state index is -3.63. The molecule has 168 valence electrons. The Hall–Kier alpha value is -2.63. The molecule has 4 N–H and O–H groups in total. The smallest absolute Gasteiger partial charge is 0.271 e. The molecule has 0 fully saturated rings. The summed E-state index contributed by atoms with van der Waals surface area (Å²) in [5.41, 5.74) is 1.73. The van der Waals surface area contributed by atoms with Crippen molar-refractivity contribution in [1.29, 1.82) is 0 Å². The number of sulfonamides is 1. The number of aromatic amines is 1. The van der Waals surface area contributed by atoms with Crippen LogP contribution < -0.4 is 14.8 Å². The van der Waals surface area contributed by atoms with Crippen molar-refractivity contribution < 1.29 is 18.3 Å². The Kier molecular flexibility index (Phi) is 6.97. The maximum atomic E-state index is 12.4. The van der Waals surface area contributed by atoms with Gasteiger partial charge in [0.05, 0.1) is 11.6 Å². The lowest BCUT2D eigenvalue weighted by molar-refractivity contribution is 0.172. The number of halogens is 1. The van der Waals surface area contributed by atoms with Crippen molar-refractivity contribution in [3.8, 4) is 5.75 Å². The molecule has 0 bridgehead atoms. The largest absolute Gasteiger partial charge is 0.492 e. The molecule has 0 aliphatic heterocycles. The molecule has 1 atom stereocenters. The predicted octanol–water partition coefficient (Wildman–Crippen LogP) is 3.78. The van der Waals surface area contributed by atoms with Gasteiger partial charge in [0.2, 0.25) is 0 Å². The van der Waals surface area contributed by atoms with E-state index >= 15 is 0 Å². The normalized spacial score (nSPS) is 12.7. The molecule has 0 radical (unpaired) electrons. The number of H-pyrrole nitrogens is 1. The Labute approximate surface area is 194 Å². The minimum absolute atomic E-state index is 0.236. The number of aliphatic hydroxyl groups is 1. The van der Waals surface area contributed by atoms with E-state index in [0.717, 1.165) is 22.2 Å². The van der Waals surface area contributed by atoms with Gasteiger partial charge in [0.15, 0.2) is 0 Å². The van der Waals surface area contributed by atoms with E-state index in [2.05, 4.69) is 20.2 Å². The van der Waals surface area contributed by atoms with Crippen LogP contribution in [0, 0.1) is 0 Å². The van der Waals surface area contributed by atoms with Gasteiger partial charge in [0, 0.05) is 30.2 Å². The summed E-state index contributed by atoms with van der Waals surface area (Å²) in [6.45, 7) is 1.21. The maximum Gasteiger partial charge on any atom is 0.271 e. The van der Waals surface area contributed by atoms with Crippen LogP contribution in [0.1, 0.15) is 11.7 Å². The molecule has 0 aliphatic rings. The van der Waals surface area contributed by atoms with Crippen molar-refractivity contribution in [1.82, 2.24) is 15.5 Å². The van der Waals surface area contributed by atoms with Gasteiger partial charge in [-0.25, -0.2) is 8.42 Å². The van der Waals surface area contributed by atoms with E-state index in [1.807, 2.05) is 12.1 Å². The summed E-state index contributed by atoms with van der Waals surface area (Å²) in [5.74, 6) is 0.675. The van der Waals surface area contributed by atoms with Crippen molar-refractivity contribution in [3.05, 3.63) is 70.7 Å². The number of nitrogens with zero attached hydrogens (tertiary/aromatic N) is 1.